The summed E-state index contributed by atoms with van der Waals surface area (Å²) in [5.41, 5.74) is 3.05. The molecule has 1 aromatic heterocycles. The van der Waals surface area contributed by atoms with Gasteiger partial charge in [-0.2, -0.15) is 10.5 Å². The molecule has 7 heteroatoms. The maximum absolute atomic E-state index is 9.20. The third kappa shape index (κ3) is 2.96. The van der Waals surface area contributed by atoms with Gasteiger partial charge in [-0.3, -0.25) is 0 Å². The highest BCUT2D eigenvalue weighted by Gasteiger charge is 2.11. The van der Waals surface area contributed by atoms with E-state index in [1.54, 1.807) is 0 Å². The molecule has 0 amide bonds. The van der Waals surface area contributed by atoms with E-state index in [0.29, 0.717) is 0 Å². The Morgan fingerprint density at radius 2 is 1.96 bits per heavy atom. The largest absolute Gasteiger partial charge is 0.456 e. The Hall–Kier alpha value is -3.92. The van der Waals surface area contributed by atoms with Gasteiger partial charge >= 0.3 is 0 Å². The molecule has 0 unspecified atom stereocenters. The average molecular weight is 328 g/mol. The molecule has 120 valence electrons. The van der Waals surface area contributed by atoms with Crippen molar-refractivity contribution in [1.82, 2.24) is 20.6 Å². The zero-order valence-electron chi connectivity index (χ0n) is 13.0. The van der Waals surface area contributed by atoms with Crippen LogP contribution in [0, 0.1) is 11.3 Å². The standard InChI is InChI=1S/C18H12N6O/c19-10-14(18-21-23-24-22-18)11-20-15-8-7-13-6-5-12-3-1-2-4-16(12)25-17(13)9-15/h1-9,11,20H,(H,21,22,23,24). The van der Waals surface area contributed by atoms with Gasteiger partial charge in [0.15, 0.2) is 0 Å². The zero-order chi connectivity index (χ0) is 17.1. The van der Waals surface area contributed by atoms with Crippen LogP contribution in [-0.4, -0.2) is 20.6 Å². The summed E-state index contributed by atoms with van der Waals surface area (Å²) in [4.78, 5) is 0. The monoisotopic (exact) mass is 328 g/mol. The number of allylic oxidation sites excluding steroid dienone is 1. The smallest absolute Gasteiger partial charge is 0.216 e. The fourth-order valence-corrected chi connectivity index (χ4v) is 2.44. The predicted molar refractivity (Wildman–Crippen MR) is 93.3 cm³/mol. The first kappa shape index (κ1) is 14.7. The second kappa shape index (κ2) is 6.29. The molecular formula is C18H12N6O. The number of hydrogen-bond donors (Lipinski definition) is 2. The van der Waals surface area contributed by atoms with E-state index in [1.807, 2.05) is 60.7 Å². The first-order chi connectivity index (χ1) is 12.3. The van der Waals surface area contributed by atoms with Gasteiger partial charge in [0.1, 0.15) is 23.1 Å². The van der Waals surface area contributed by atoms with E-state index in [4.69, 9.17) is 4.74 Å². The molecule has 0 saturated heterocycles. The SMILES string of the molecule is N#CC(=CNc1ccc2c(c1)Oc1ccccc1C=C2)c1nn[nH]n1. The molecule has 3 aromatic rings. The lowest BCUT2D eigenvalue weighted by atomic mass is 10.1. The average Bonchev–Trinajstić information content (AvgIpc) is 3.10. The van der Waals surface area contributed by atoms with Gasteiger partial charge in [0.05, 0.1) is 0 Å². The van der Waals surface area contributed by atoms with Crippen LogP contribution in [0.15, 0.2) is 48.7 Å². The number of nitrogens with zero attached hydrogens (tertiary/aromatic N) is 4. The predicted octanol–water partition coefficient (Wildman–Crippen LogP) is 3.45. The molecular weight excluding hydrogens is 316 g/mol. The number of rotatable bonds is 3. The quantitative estimate of drug-likeness (QED) is 0.559. The van der Waals surface area contributed by atoms with Gasteiger partial charge in [-0.1, -0.05) is 30.4 Å². The third-order valence-electron chi connectivity index (χ3n) is 3.68. The highest BCUT2D eigenvalue weighted by atomic mass is 16.5. The maximum atomic E-state index is 9.20. The molecule has 2 aromatic carbocycles. The number of para-hydroxylation sites is 1. The molecule has 0 aliphatic carbocycles. The van der Waals surface area contributed by atoms with Gasteiger partial charge in [-0.05, 0) is 23.4 Å². The van der Waals surface area contributed by atoms with Gasteiger partial charge in [0, 0.05) is 29.1 Å². The van der Waals surface area contributed by atoms with Crippen LogP contribution < -0.4 is 10.1 Å². The van der Waals surface area contributed by atoms with E-state index < -0.39 is 0 Å². The Balaban J connectivity index is 1.62. The first-order valence-corrected chi connectivity index (χ1v) is 7.53. The minimum Gasteiger partial charge on any atom is -0.456 e. The number of H-pyrrole nitrogens is 1. The molecule has 1 aliphatic rings. The number of benzene rings is 2. The molecule has 0 atom stereocenters. The lowest BCUT2D eigenvalue weighted by Crippen LogP contribution is -1.94. The number of nitrogens with one attached hydrogen (secondary N) is 2. The molecule has 2 N–H and O–H groups in total. The highest BCUT2D eigenvalue weighted by Crippen LogP contribution is 2.35. The number of hydrogen-bond acceptors (Lipinski definition) is 6. The molecule has 1 aliphatic heterocycles. The second-order valence-corrected chi connectivity index (χ2v) is 5.28. The van der Waals surface area contributed by atoms with E-state index in [9.17, 15) is 5.26 Å². The van der Waals surface area contributed by atoms with Crippen LogP contribution in [0.3, 0.4) is 0 Å². The van der Waals surface area contributed by atoms with Crippen LogP contribution >= 0.6 is 0 Å². The number of tetrazole rings is 1. The summed E-state index contributed by atoms with van der Waals surface area (Å²) in [7, 11) is 0. The maximum Gasteiger partial charge on any atom is 0.216 e. The summed E-state index contributed by atoms with van der Waals surface area (Å²) in [6.45, 7) is 0. The molecule has 0 saturated carbocycles. The van der Waals surface area contributed by atoms with E-state index in [0.717, 1.165) is 28.3 Å². The summed E-state index contributed by atoms with van der Waals surface area (Å²) in [5.74, 6) is 1.77. The Bertz CT molecular complexity index is 1010. The van der Waals surface area contributed by atoms with Gasteiger partial charge < -0.3 is 10.1 Å². The summed E-state index contributed by atoms with van der Waals surface area (Å²) in [6.07, 6.45) is 5.58. The Morgan fingerprint density at radius 3 is 2.76 bits per heavy atom. The summed E-state index contributed by atoms with van der Waals surface area (Å²) in [5, 5.41) is 25.6. The van der Waals surface area contributed by atoms with Gasteiger partial charge in [0.2, 0.25) is 5.82 Å². The lowest BCUT2D eigenvalue weighted by Gasteiger charge is -2.10. The third-order valence-corrected chi connectivity index (χ3v) is 3.68. The van der Waals surface area contributed by atoms with E-state index in [2.05, 4.69) is 25.9 Å². The summed E-state index contributed by atoms with van der Waals surface area (Å²) in [6, 6.07) is 15.6. The summed E-state index contributed by atoms with van der Waals surface area (Å²) < 4.78 is 6.02. The molecule has 0 spiro atoms. The number of fused-ring (bicyclic) bond motifs is 2. The van der Waals surface area contributed by atoms with Crippen LogP contribution in [0.2, 0.25) is 0 Å². The number of aromatic amines is 1. The van der Waals surface area contributed by atoms with Crippen LogP contribution in [-0.2, 0) is 0 Å². The van der Waals surface area contributed by atoms with E-state index >= 15 is 0 Å². The van der Waals surface area contributed by atoms with Crippen LogP contribution in [0.25, 0.3) is 17.7 Å². The van der Waals surface area contributed by atoms with Crippen molar-refractivity contribution in [3.63, 3.8) is 0 Å². The lowest BCUT2D eigenvalue weighted by molar-refractivity contribution is 0.482. The second-order valence-electron chi connectivity index (χ2n) is 5.28. The first-order valence-electron chi connectivity index (χ1n) is 7.53. The van der Waals surface area contributed by atoms with Crippen molar-refractivity contribution in [3.05, 3.63) is 65.6 Å². The number of nitriles is 1. The van der Waals surface area contributed by atoms with Crippen LogP contribution in [0.1, 0.15) is 17.0 Å². The highest BCUT2D eigenvalue weighted by molar-refractivity contribution is 5.79. The van der Waals surface area contributed by atoms with Crippen molar-refractivity contribution in [2.75, 3.05) is 5.32 Å². The number of anilines is 1. The zero-order valence-corrected chi connectivity index (χ0v) is 13.0. The Labute approximate surface area is 143 Å². The minimum absolute atomic E-state index is 0.234. The molecule has 25 heavy (non-hydrogen) atoms. The fourth-order valence-electron chi connectivity index (χ4n) is 2.44. The van der Waals surface area contributed by atoms with Crippen molar-refractivity contribution in [2.24, 2.45) is 0 Å². The molecule has 0 bridgehead atoms. The van der Waals surface area contributed by atoms with Gasteiger partial charge in [-0.25, -0.2) is 0 Å². The van der Waals surface area contributed by atoms with Crippen LogP contribution in [0.5, 0.6) is 11.5 Å². The fraction of sp³-hybridized carbons (Fsp3) is 0. The van der Waals surface area contributed by atoms with E-state index in [-0.39, 0.29) is 11.4 Å². The molecule has 4 rings (SSSR count). The Morgan fingerprint density at radius 1 is 1.12 bits per heavy atom. The van der Waals surface area contributed by atoms with E-state index in [1.165, 1.54) is 6.20 Å². The van der Waals surface area contributed by atoms with Gasteiger partial charge in [-0.15, -0.1) is 10.2 Å². The van der Waals surface area contributed by atoms with Crippen molar-refractivity contribution in [2.45, 2.75) is 0 Å². The molecule has 0 fully saturated rings. The molecule has 2 heterocycles. The van der Waals surface area contributed by atoms with Crippen molar-refractivity contribution < 1.29 is 4.74 Å². The van der Waals surface area contributed by atoms with Gasteiger partial charge in [0.25, 0.3) is 0 Å². The minimum atomic E-state index is 0.234. The normalized spacial score (nSPS) is 12.4. The molecule has 0 radical (unpaired) electrons. The number of ether oxygens (including phenoxy) is 1. The van der Waals surface area contributed by atoms with Crippen molar-refractivity contribution >= 4 is 23.4 Å². The van der Waals surface area contributed by atoms with Crippen LogP contribution in [0.4, 0.5) is 5.69 Å². The number of aromatic nitrogens is 4. The molecule has 7 nitrogen and oxygen atoms in total. The topological polar surface area (TPSA) is 99.5 Å². The van der Waals surface area contributed by atoms with Crippen molar-refractivity contribution in [3.8, 4) is 17.6 Å². The Kier molecular flexibility index (Phi) is 3.69. The summed E-state index contributed by atoms with van der Waals surface area (Å²) >= 11 is 0. The van der Waals surface area contributed by atoms with Crippen molar-refractivity contribution in [1.29, 1.82) is 5.26 Å².